The number of nitrogens with one attached hydrogen (secondary N) is 2. The Kier molecular flexibility index (Phi) is 6.69. The second-order valence-corrected chi connectivity index (χ2v) is 4.71. The van der Waals surface area contributed by atoms with Gasteiger partial charge in [-0.25, -0.2) is 4.98 Å². The van der Waals surface area contributed by atoms with Crippen molar-refractivity contribution in [3.63, 3.8) is 0 Å². The predicted octanol–water partition coefficient (Wildman–Crippen LogP) is 1.38. The second kappa shape index (κ2) is 8.29. The Morgan fingerprint density at radius 2 is 2.10 bits per heavy atom. The number of aromatic nitrogens is 3. The molecule has 0 spiro atoms. The summed E-state index contributed by atoms with van der Waals surface area (Å²) in [5.41, 5.74) is 0. The molecule has 7 nitrogen and oxygen atoms in total. The molecule has 0 radical (unpaired) electrons. The molecule has 20 heavy (non-hydrogen) atoms. The lowest BCUT2D eigenvalue weighted by molar-refractivity contribution is -0.137. The molecular weight excluding hydrogens is 260 g/mol. The molecule has 7 heteroatoms. The first-order valence-corrected chi connectivity index (χ1v) is 6.98. The first-order valence-electron chi connectivity index (χ1n) is 6.98. The number of amides is 1. The largest absolute Gasteiger partial charge is 0.481 e. The van der Waals surface area contributed by atoms with Gasteiger partial charge in [0.15, 0.2) is 0 Å². The number of carbonyl (C=O) groups is 2. The molecule has 3 N–H and O–H groups in total. The van der Waals surface area contributed by atoms with Gasteiger partial charge in [0.2, 0.25) is 5.82 Å². The van der Waals surface area contributed by atoms with E-state index in [1.807, 2.05) is 13.8 Å². The molecule has 1 atom stereocenters. The van der Waals surface area contributed by atoms with Gasteiger partial charge in [-0.3, -0.25) is 14.7 Å². The van der Waals surface area contributed by atoms with Crippen molar-refractivity contribution in [2.75, 3.05) is 6.54 Å². The minimum Gasteiger partial charge on any atom is -0.481 e. The summed E-state index contributed by atoms with van der Waals surface area (Å²) in [7, 11) is 0. The van der Waals surface area contributed by atoms with Crippen molar-refractivity contribution in [2.45, 2.75) is 46.0 Å². The van der Waals surface area contributed by atoms with Gasteiger partial charge in [0, 0.05) is 19.4 Å². The standard InChI is InChI=1S/C13H22N4O3/c1-3-9(5-6-11(18)19)7-8-14-13(20)12-15-10(4-2)16-17-12/h9H,3-8H2,1-2H3,(H,14,20)(H,18,19)(H,15,16,17). The van der Waals surface area contributed by atoms with Crippen molar-refractivity contribution in [3.05, 3.63) is 11.6 Å². The lowest BCUT2D eigenvalue weighted by atomic mass is 9.97. The Morgan fingerprint density at radius 1 is 1.35 bits per heavy atom. The highest BCUT2D eigenvalue weighted by Crippen LogP contribution is 2.14. The zero-order valence-electron chi connectivity index (χ0n) is 12.0. The number of aryl methyl sites for hydroxylation is 1. The number of H-pyrrole nitrogens is 1. The molecule has 0 bridgehead atoms. The van der Waals surface area contributed by atoms with Gasteiger partial charge in [0.05, 0.1) is 0 Å². The predicted molar refractivity (Wildman–Crippen MR) is 73.4 cm³/mol. The van der Waals surface area contributed by atoms with Crippen LogP contribution in [-0.2, 0) is 11.2 Å². The maximum Gasteiger partial charge on any atom is 0.303 e. The summed E-state index contributed by atoms with van der Waals surface area (Å²) in [6.45, 7) is 4.46. The Labute approximate surface area is 118 Å². The van der Waals surface area contributed by atoms with Crippen molar-refractivity contribution >= 4 is 11.9 Å². The van der Waals surface area contributed by atoms with Gasteiger partial charge in [0.1, 0.15) is 5.82 Å². The van der Waals surface area contributed by atoms with Crippen molar-refractivity contribution in [1.29, 1.82) is 0 Å². The average Bonchev–Trinajstić information content (AvgIpc) is 2.91. The monoisotopic (exact) mass is 282 g/mol. The van der Waals surface area contributed by atoms with Crippen molar-refractivity contribution in [3.8, 4) is 0 Å². The normalized spacial score (nSPS) is 12.1. The first-order chi connectivity index (χ1) is 9.56. The number of aromatic amines is 1. The number of nitrogens with zero attached hydrogens (tertiary/aromatic N) is 2. The summed E-state index contributed by atoms with van der Waals surface area (Å²) < 4.78 is 0. The first kappa shape index (κ1) is 16.1. The highest BCUT2D eigenvalue weighted by atomic mass is 16.4. The minimum absolute atomic E-state index is 0.153. The fourth-order valence-corrected chi connectivity index (χ4v) is 1.90. The number of hydrogen-bond acceptors (Lipinski definition) is 4. The molecule has 0 saturated carbocycles. The van der Waals surface area contributed by atoms with Crippen molar-refractivity contribution in [2.24, 2.45) is 5.92 Å². The maximum atomic E-state index is 11.8. The van der Waals surface area contributed by atoms with Crippen molar-refractivity contribution < 1.29 is 14.7 Å². The molecule has 112 valence electrons. The van der Waals surface area contributed by atoms with Crippen LogP contribution in [0.15, 0.2) is 0 Å². The smallest absolute Gasteiger partial charge is 0.303 e. The summed E-state index contributed by atoms with van der Waals surface area (Å²) in [5, 5.41) is 17.9. The zero-order valence-corrected chi connectivity index (χ0v) is 12.0. The third-order valence-electron chi connectivity index (χ3n) is 3.25. The molecule has 1 amide bonds. The fraction of sp³-hybridized carbons (Fsp3) is 0.692. The number of rotatable bonds is 9. The van der Waals surface area contributed by atoms with Gasteiger partial charge in [-0.15, -0.1) is 5.10 Å². The third kappa shape index (κ3) is 5.38. The zero-order chi connectivity index (χ0) is 15.0. The number of carbonyl (C=O) groups excluding carboxylic acids is 1. The molecule has 0 fully saturated rings. The van der Waals surface area contributed by atoms with Crippen LogP contribution in [-0.4, -0.2) is 38.7 Å². The van der Waals surface area contributed by atoms with E-state index in [-0.39, 0.29) is 18.2 Å². The lowest BCUT2D eigenvalue weighted by Crippen LogP contribution is -2.27. The van der Waals surface area contributed by atoms with Crippen LogP contribution in [0.5, 0.6) is 0 Å². The molecule has 1 unspecified atom stereocenters. The van der Waals surface area contributed by atoms with Crippen LogP contribution in [0.3, 0.4) is 0 Å². The molecule has 0 aliphatic heterocycles. The SMILES string of the molecule is CCc1nc(C(=O)NCCC(CC)CCC(=O)O)n[nH]1. The summed E-state index contributed by atoms with van der Waals surface area (Å²) in [4.78, 5) is 26.3. The van der Waals surface area contributed by atoms with Crippen LogP contribution in [0, 0.1) is 5.92 Å². The van der Waals surface area contributed by atoms with Gasteiger partial charge >= 0.3 is 5.97 Å². The summed E-state index contributed by atoms with van der Waals surface area (Å²) in [6, 6.07) is 0. The Hall–Kier alpha value is -1.92. The molecule has 0 aromatic carbocycles. The van der Waals surface area contributed by atoms with Gasteiger partial charge in [0.25, 0.3) is 5.91 Å². The molecule has 0 saturated heterocycles. The van der Waals surface area contributed by atoms with Crippen LogP contribution in [0.25, 0.3) is 0 Å². The van der Waals surface area contributed by atoms with E-state index in [0.29, 0.717) is 31.1 Å². The Balaban J connectivity index is 2.31. The maximum absolute atomic E-state index is 11.8. The van der Waals surface area contributed by atoms with E-state index in [0.717, 1.165) is 12.8 Å². The van der Waals surface area contributed by atoms with E-state index in [9.17, 15) is 9.59 Å². The van der Waals surface area contributed by atoms with E-state index in [2.05, 4.69) is 20.5 Å². The van der Waals surface area contributed by atoms with Crippen molar-refractivity contribution in [1.82, 2.24) is 20.5 Å². The van der Waals surface area contributed by atoms with Gasteiger partial charge in [-0.1, -0.05) is 20.3 Å². The minimum atomic E-state index is -0.777. The Bertz CT molecular complexity index is 445. The van der Waals surface area contributed by atoms with E-state index in [1.54, 1.807) is 0 Å². The van der Waals surface area contributed by atoms with Gasteiger partial charge < -0.3 is 10.4 Å². The van der Waals surface area contributed by atoms with E-state index >= 15 is 0 Å². The summed E-state index contributed by atoms with van der Waals surface area (Å²) >= 11 is 0. The van der Waals surface area contributed by atoms with Crippen LogP contribution in [0.1, 0.15) is 56.0 Å². The fourth-order valence-electron chi connectivity index (χ4n) is 1.90. The molecule has 1 aromatic heterocycles. The topological polar surface area (TPSA) is 108 Å². The quantitative estimate of drug-likeness (QED) is 0.634. The summed E-state index contributed by atoms with van der Waals surface area (Å²) in [5.74, 6) is 0.0718. The average molecular weight is 282 g/mol. The van der Waals surface area contributed by atoms with Crippen LogP contribution >= 0.6 is 0 Å². The second-order valence-electron chi connectivity index (χ2n) is 4.71. The molecule has 1 aromatic rings. The van der Waals surface area contributed by atoms with E-state index in [1.165, 1.54) is 0 Å². The van der Waals surface area contributed by atoms with Crippen LogP contribution in [0.2, 0.25) is 0 Å². The molecular formula is C13H22N4O3. The molecule has 1 rings (SSSR count). The number of aliphatic carboxylic acids is 1. The van der Waals surface area contributed by atoms with Gasteiger partial charge in [-0.05, 0) is 18.8 Å². The molecule has 0 aliphatic carbocycles. The van der Waals surface area contributed by atoms with E-state index in [4.69, 9.17) is 5.11 Å². The summed E-state index contributed by atoms with van der Waals surface area (Å²) in [6.07, 6.45) is 3.19. The highest BCUT2D eigenvalue weighted by molar-refractivity contribution is 5.90. The van der Waals surface area contributed by atoms with Crippen LogP contribution < -0.4 is 5.32 Å². The number of carboxylic acid groups (broad SMARTS) is 1. The Morgan fingerprint density at radius 3 is 2.65 bits per heavy atom. The molecule has 1 heterocycles. The highest BCUT2D eigenvalue weighted by Gasteiger charge is 2.13. The third-order valence-corrected chi connectivity index (χ3v) is 3.25. The molecule has 0 aliphatic rings. The van der Waals surface area contributed by atoms with Crippen LogP contribution in [0.4, 0.5) is 0 Å². The number of hydrogen-bond donors (Lipinski definition) is 3. The van der Waals surface area contributed by atoms with E-state index < -0.39 is 5.97 Å². The number of carboxylic acids is 1. The van der Waals surface area contributed by atoms with Gasteiger partial charge in [-0.2, -0.15) is 0 Å². The lowest BCUT2D eigenvalue weighted by Gasteiger charge is -2.13.